The third-order valence-corrected chi connectivity index (χ3v) is 3.83. The van der Waals surface area contributed by atoms with Crippen LogP contribution >= 0.6 is 11.3 Å². The third kappa shape index (κ3) is 3.17. The first-order chi connectivity index (χ1) is 10.2. The first-order valence-electron chi connectivity index (χ1n) is 6.49. The van der Waals surface area contributed by atoms with Gasteiger partial charge in [0.15, 0.2) is 5.13 Å². The number of fused-ring (bicyclic) bond motifs is 1. The van der Waals surface area contributed by atoms with E-state index in [9.17, 15) is 4.79 Å². The van der Waals surface area contributed by atoms with Crippen LogP contribution in [0, 0.1) is 0 Å². The van der Waals surface area contributed by atoms with Gasteiger partial charge in [-0.1, -0.05) is 18.2 Å². The maximum absolute atomic E-state index is 10.6. The van der Waals surface area contributed by atoms with Crippen LogP contribution in [0.3, 0.4) is 0 Å². The maximum atomic E-state index is 10.6. The predicted octanol–water partition coefficient (Wildman–Crippen LogP) is 3.45. The van der Waals surface area contributed by atoms with Gasteiger partial charge >= 0.3 is 5.97 Å². The Bertz CT molecular complexity index is 780. The Kier molecular flexibility index (Phi) is 3.79. The van der Waals surface area contributed by atoms with Crippen LogP contribution in [0.1, 0.15) is 12.1 Å². The summed E-state index contributed by atoms with van der Waals surface area (Å²) in [4.78, 5) is 19.3. The van der Waals surface area contributed by atoms with E-state index >= 15 is 0 Å². The van der Waals surface area contributed by atoms with Crippen molar-refractivity contribution in [3.8, 4) is 0 Å². The number of nitrogens with one attached hydrogen (secondary N) is 1. The van der Waals surface area contributed by atoms with Crippen molar-refractivity contribution in [1.29, 1.82) is 0 Å². The van der Waals surface area contributed by atoms with Crippen molar-refractivity contribution in [2.45, 2.75) is 12.8 Å². The third-order valence-electron chi connectivity index (χ3n) is 3.02. The number of hydrogen-bond donors (Lipinski definition) is 2. The van der Waals surface area contributed by atoms with Crippen molar-refractivity contribution in [3.05, 3.63) is 47.6 Å². The van der Waals surface area contributed by atoms with Crippen LogP contribution in [0.5, 0.6) is 0 Å². The van der Waals surface area contributed by atoms with Gasteiger partial charge in [0.2, 0.25) is 0 Å². The normalized spacial score (nSPS) is 10.7. The molecule has 0 spiro atoms. The van der Waals surface area contributed by atoms with Gasteiger partial charge in [-0.2, -0.15) is 0 Å². The molecule has 0 saturated heterocycles. The lowest BCUT2D eigenvalue weighted by Crippen LogP contribution is -1.98. The summed E-state index contributed by atoms with van der Waals surface area (Å²) >= 11 is 1.46. The zero-order chi connectivity index (χ0) is 14.7. The van der Waals surface area contributed by atoms with Crippen LogP contribution in [0.4, 0.5) is 10.8 Å². The van der Waals surface area contributed by atoms with Crippen LogP contribution in [0.15, 0.2) is 41.9 Å². The molecule has 0 aliphatic heterocycles. The minimum atomic E-state index is -0.809. The van der Waals surface area contributed by atoms with Gasteiger partial charge in [-0.25, -0.2) is 4.98 Å². The molecule has 2 heterocycles. The zero-order valence-corrected chi connectivity index (χ0v) is 11.9. The van der Waals surface area contributed by atoms with Crippen LogP contribution in [0.25, 0.3) is 10.9 Å². The Morgan fingerprint density at radius 1 is 1.29 bits per heavy atom. The predicted molar refractivity (Wildman–Crippen MR) is 83.1 cm³/mol. The number of nitrogens with zero attached hydrogens (tertiary/aromatic N) is 2. The molecule has 106 valence electrons. The summed E-state index contributed by atoms with van der Waals surface area (Å²) in [5.41, 5.74) is 2.58. The highest BCUT2D eigenvalue weighted by atomic mass is 32.1. The molecule has 21 heavy (non-hydrogen) atoms. The number of pyridine rings is 1. The molecule has 2 N–H and O–H groups in total. The summed E-state index contributed by atoms with van der Waals surface area (Å²) in [7, 11) is 0. The van der Waals surface area contributed by atoms with Crippen molar-refractivity contribution in [3.63, 3.8) is 0 Å². The number of aromatic nitrogens is 2. The number of aryl methyl sites for hydroxylation is 1. The maximum Gasteiger partial charge on any atom is 0.303 e. The second-order valence-electron chi connectivity index (χ2n) is 4.54. The fourth-order valence-electron chi connectivity index (χ4n) is 2.03. The molecule has 0 unspecified atom stereocenters. The lowest BCUT2D eigenvalue weighted by atomic mass is 10.2. The van der Waals surface area contributed by atoms with Crippen LogP contribution in [-0.4, -0.2) is 21.0 Å². The molecule has 5 nitrogen and oxygen atoms in total. The average Bonchev–Trinajstić information content (AvgIpc) is 2.93. The quantitative estimate of drug-likeness (QED) is 0.754. The van der Waals surface area contributed by atoms with Gasteiger partial charge in [0.1, 0.15) is 0 Å². The Balaban J connectivity index is 1.81. The van der Waals surface area contributed by atoms with Gasteiger partial charge in [-0.3, -0.25) is 9.78 Å². The number of aliphatic carboxylic acids is 1. The van der Waals surface area contributed by atoms with Crippen LogP contribution in [0.2, 0.25) is 0 Å². The van der Waals surface area contributed by atoms with E-state index in [1.807, 2.05) is 35.7 Å². The monoisotopic (exact) mass is 299 g/mol. The molecule has 6 heteroatoms. The highest BCUT2D eigenvalue weighted by molar-refractivity contribution is 7.13. The largest absolute Gasteiger partial charge is 0.481 e. The van der Waals surface area contributed by atoms with E-state index in [1.54, 1.807) is 6.20 Å². The molecule has 0 radical (unpaired) electrons. The van der Waals surface area contributed by atoms with Gasteiger partial charge < -0.3 is 10.4 Å². The molecule has 0 amide bonds. The van der Waals surface area contributed by atoms with Crippen molar-refractivity contribution < 1.29 is 9.90 Å². The van der Waals surface area contributed by atoms with E-state index in [-0.39, 0.29) is 6.42 Å². The summed E-state index contributed by atoms with van der Waals surface area (Å²) in [5, 5.41) is 15.6. The van der Waals surface area contributed by atoms with Crippen molar-refractivity contribution in [2.75, 3.05) is 5.32 Å². The van der Waals surface area contributed by atoms with Crippen molar-refractivity contribution in [2.24, 2.45) is 0 Å². The second-order valence-corrected chi connectivity index (χ2v) is 5.40. The highest BCUT2D eigenvalue weighted by Crippen LogP contribution is 2.26. The summed E-state index contributed by atoms with van der Waals surface area (Å²) in [5.74, 6) is -0.809. The summed E-state index contributed by atoms with van der Waals surface area (Å²) in [6, 6.07) is 9.83. The first-order valence-corrected chi connectivity index (χ1v) is 7.37. The van der Waals surface area contributed by atoms with E-state index in [0.29, 0.717) is 6.42 Å². The molecular weight excluding hydrogens is 286 g/mol. The molecule has 0 fully saturated rings. The SMILES string of the molecule is O=C(O)CCc1csc(Nc2cccc3cccnc23)n1. The molecule has 0 aliphatic carbocycles. The van der Waals surface area contributed by atoms with Gasteiger partial charge in [0, 0.05) is 23.4 Å². The van der Waals surface area contributed by atoms with Crippen molar-refractivity contribution in [1.82, 2.24) is 9.97 Å². The summed E-state index contributed by atoms with van der Waals surface area (Å²) < 4.78 is 0. The van der Waals surface area contributed by atoms with Crippen LogP contribution < -0.4 is 5.32 Å². The number of hydrogen-bond acceptors (Lipinski definition) is 5. The molecule has 0 bridgehead atoms. The molecule has 2 aromatic heterocycles. The van der Waals surface area contributed by atoms with E-state index in [1.165, 1.54) is 11.3 Å². The van der Waals surface area contributed by atoms with Gasteiger partial charge in [0.25, 0.3) is 0 Å². The topological polar surface area (TPSA) is 75.1 Å². The fraction of sp³-hybridized carbons (Fsp3) is 0.133. The number of para-hydroxylation sites is 1. The number of anilines is 2. The molecule has 1 aromatic carbocycles. The number of rotatable bonds is 5. The molecule has 3 aromatic rings. The number of carbonyl (C=O) groups is 1. The highest BCUT2D eigenvalue weighted by Gasteiger charge is 2.07. The Labute approximate surface area is 125 Å². The number of carboxylic acids is 1. The molecule has 0 atom stereocenters. The lowest BCUT2D eigenvalue weighted by Gasteiger charge is -2.05. The lowest BCUT2D eigenvalue weighted by molar-refractivity contribution is -0.136. The molecule has 0 aliphatic rings. The Morgan fingerprint density at radius 3 is 3.00 bits per heavy atom. The fourth-order valence-corrected chi connectivity index (χ4v) is 2.79. The number of benzene rings is 1. The number of thiazole rings is 1. The molecule has 0 saturated carbocycles. The summed E-state index contributed by atoms with van der Waals surface area (Å²) in [6.07, 6.45) is 2.30. The van der Waals surface area contributed by atoms with E-state index in [0.717, 1.165) is 27.4 Å². The first kappa shape index (κ1) is 13.5. The molecule has 3 rings (SSSR count). The minimum absolute atomic E-state index is 0.0962. The average molecular weight is 299 g/mol. The van der Waals surface area contributed by atoms with E-state index < -0.39 is 5.97 Å². The van der Waals surface area contributed by atoms with Gasteiger partial charge in [0.05, 0.1) is 23.3 Å². The Hall–Kier alpha value is -2.47. The van der Waals surface area contributed by atoms with Crippen molar-refractivity contribution >= 4 is 39.0 Å². The van der Waals surface area contributed by atoms with Crippen LogP contribution in [-0.2, 0) is 11.2 Å². The van der Waals surface area contributed by atoms with E-state index in [2.05, 4.69) is 15.3 Å². The number of carboxylic acid groups (broad SMARTS) is 1. The van der Waals surface area contributed by atoms with Gasteiger partial charge in [-0.15, -0.1) is 11.3 Å². The van der Waals surface area contributed by atoms with E-state index in [4.69, 9.17) is 5.11 Å². The smallest absolute Gasteiger partial charge is 0.303 e. The zero-order valence-electron chi connectivity index (χ0n) is 11.1. The Morgan fingerprint density at radius 2 is 2.14 bits per heavy atom. The minimum Gasteiger partial charge on any atom is -0.481 e. The van der Waals surface area contributed by atoms with Gasteiger partial charge in [-0.05, 0) is 12.1 Å². The second kappa shape index (κ2) is 5.88. The molecular formula is C15H13N3O2S. The standard InChI is InChI=1S/C15H13N3O2S/c19-13(20)7-6-11-9-21-15(17-11)18-12-5-1-3-10-4-2-8-16-14(10)12/h1-5,8-9H,6-7H2,(H,17,18)(H,19,20). The summed E-state index contributed by atoms with van der Waals surface area (Å²) in [6.45, 7) is 0.